The van der Waals surface area contributed by atoms with Gasteiger partial charge in [-0.3, -0.25) is 4.79 Å². The van der Waals surface area contributed by atoms with E-state index in [1.54, 1.807) is 0 Å². The summed E-state index contributed by atoms with van der Waals surface area (Å²) in [7, 11) is 0. The molecule has 1 amide bonds. The Kier molecular flexibility index (Phi) is 4.13. The zero-order valence-electron chi connectivity index (χ0n) is 15.3. The summed E-state index contributed by atoms with van der Waals surface area (Å²) in [5, 5.41) is 8.75. The molecule has 1 fully saturated rings. The Bertz CT molecular complexity index is 783. The van der Waals surface area contributed by atoms with Crippen LogP contribution < -0.4 is 0 Å². The fraction of sp³-hybridized carbons (Fsp3) is 0.632. The largest absolute Gasteiger partial charge is 0.466 e. The van der Waals surface area contributed by atoms with Crippen LogP contribution in [0.2, 0.25) is 0 Å². The third-order valence-electron chi connectivity index (χ3n) is 5.73. The molecule has 0 saturated carbocycles. The van der Waals surface area contributed by atoms with E-state index in [0.29, 0.717) is 5.92 Å². The first-order valence-corrected chi connectivity index (χ1v) is 9.32. The van der Waals surface area contributed by atoms with Gasteiger partial charge in [0.05, 0.1) is 5.92 Å². The minimum atomic E-state index is -0.147. The van der Waals surface area contributed by atoms with Crippen molar-refractivity contribution in [3.8, 4) is 0 Å². The number of likely N-dealkylation sites (tertiary alicyclic amines) is 1. The number of carbonyl (C=O) groups excluding carboxylic acids is 1. The lowest BCUT2D eigenvalue weighted by Crippen LogP contribution is -2.40. The Hall–Kier alpha value is -2.11. The van der Waals surface area contributed by atoms with Crippen LogP contribution in [0.15, 0.2) is 10.5 Å². The van der Waals surface area contributed by atoms with Crippen molar-refractivity contribution in [3.63, 3.8) is 0 Å². The maximum atomic E-state index is 12.9. The molecule has 0 bridgehead atoms. The van der Waals surface area contributed by atoms with Crippen LogP contribution in [0, 0.1) is 13.8 Å². The van der Waals surface area contributed by atoms with Crippen LogP contribution in [0.3, 0.4) is 0 Å². The Morgan fingerprint density at radius 2 is 2.00 bits per heavy atom. The predicted molar refractivity (Wildman–Crippen MR) is 93.5 cm³/mol. The molecule has 4 rings (SSSR count). The maximum absolute atomic E-state index is 12.9. The molecule has 2 aliphatic heterocycles. The zero-order valence-corrected chi connectivity index (χ0v) is 15.3. The number of aromatic nitrogens is 3. The fourth-order valence-electron chi connectivity index (χ4n) is 4.32. The molecule has 0 N–H and O–H groups in total. The lowest BCUT2D eigenvalue weighted by atomic mass is 9.93. The van der Waals surface area contributed by atoms with E-state index in [2.05, 4.69) is 14.8 Å². The molecular weight excluding hydrogens is 316 g/mol. The molecule has 134 valence electrons. The van der Waals surface area contributed by atoms with E-state index in [1.165, 1.54) is 6.42 Å². The number of hydrogen-bond donors (Lipinski definition) is 0. The summed E-state index contributed by atoms with van der Waals surface area (Å²) < 4.78 is 7.89. The second-order valence-electron chi connectivity index (χ2n) is 7.42. The maximum Gasteiger partial charge on any atom is 0.229 e. The molecular formula is C19H26N4O2. The first-order chi connectivity index (χ1) is 12.0. The van der Waals surface area contributed by atoms with E-state index in [-0.39, 0.29) is 11.8 Å². The molecule has 0 radical (unpaired) electrons. The molecule has 0 spiro atoms. The average molecular weight is 342 g/mol. The number of fused-ring (bicyclic) bond motifs is 1. The number of carbonyl (C=O) groups is 1. The van der Waals surface area contributed by atoms with E-state index >= 15 is 0 Å². The Morgan fingerprint density at radius 3 is 2.68 bits per heavy atom. The van der Waals surface area contributed by atoms with Crippen molar-refractivity contribution in [1.29, 1.82) is 0 Å². The van der Waals surface area contributed by atoms with Gasteiger partial charge in [-0.05, 0) is 46.1 Å². The van der Waals surface area contributed by atoms with Crippen LogP contribution in [0.5, 0.6) is 0 Å². The van der Waals surface area contributed by atoms with Crippen LogP contribution in [-0.2, 0) is 17.8 Å². The van der Waals surface area contributed by atoms with E-state index in [1.807, 2.05) is 31.7 Å². The minimum Gasteiger partial charge on any atom is -0.466 e. The first kappa shape index (κ1) is 16.4. The molecule has 0 aliphatic carbocycles. The van der Waals surface area contributed by atoms with Gasteiger partial charge in [0.25, 0.3) is 0 Å². The normalized spacial score (nSPS) is 19.2. The number of aryl methyl sites for hydroxylation is 3. The molecule has 6 heteroatoms. The van der Waals surface area contributed by atoms with Crippen molar-refractivity contribution < 1.29 is 9.21 Å². The van der Waals surface area contributed by atoms with E-state index in [9.17, 15) is 4.79 Å². The summed E-state index contributed by atoms with van der Waals surface area (Å²) in [6.45, 7) is 8.49. The van der Waals surface area contributed by atoms with E-state index < -0.39 is 0 Å². The van der Waals surface area contributed by atoms with Gasteiger partial charge in [-0.2, -0.15) is 0 Å². The van der Waals surface area contributed by atoms with Crippen LogP contribution >= 0.6 is 0 Å². The smallest absolute Gasteiger partial charge is 0.229 e. The number of hydrogen-bond acceptors (Lipinski definition) is 4. The first-order valence-electron chi connectivity index (χ1n) is 9.32. The fourth-order valence-corrected chi connectivity index (χ4v) is 4.32. The van der Waals surface area contributed by atoms with Gasteiger partial charge in [0.15, 0.2) is 0 Å². The molecule has 1 saturated heterocycles. The summed E-state index contributed by atoms with van der Waals surface area (Å²) in [5.41, 5.74) is 1.01. The van der Waals surface area contributed by atoms with Crippen molar-refractivity contribution in [3.05, 3.63) is 34.8 Å². The van der Waals surface area contributed by atoms with Gasteiger partial charge in [-0.25, -0.2) is 0 Å². The molecule has 2 aromatic heterocycles. The van der Waals surface area contributed by atoms with E-state index in [0.717, 1.165) is 67.6 Å². The molecule has 6 nitrogen and oxygen atoms in total. The molecule has 2 aromatic rings. The molecule has 4 heterocycles. The summed E-state index contributed by atoms with van der Waals surface area (Å²) in [6, 6.07) is 1.99. The van der Waals surface area contributed by atoms with Crippen molar-refractivity contribution in [1.82, 2.24) is 19.7 Å². The Labute approximate surface area is 148 Å². The third kappa shape index (κ3) is 2.87. The Morgan fingerprint density at radius 1 is 1.24 bits per heavy atom. The lowest BCUT2D eigenvalue weighted by Gasteiger charge is -2.33. The second kappa shape index (κ2) is 6.32. The lowest BCUT2D eigenvalue weighted by molar-refractivity contribution is -0.133. The number of furan rings is 1. The quantitative estimate of drug-likeness (QED) is 0.860. The summed E-state index contributed by atoms with van der Waals surface area (Å²) in [5.74, 6) is 4.47. The Balaban J connectivity index is 1.41. The van der Waals surface area contributed by atoms with Gasteiger partial charge in [-0.1, -0.05) is 0 Å². The summed E-state index contributed by atoms with van der Waals surface area (Å²) in [4.78, 5) is 14.9. The highest BCUT2D eigenvalue weighted by molar-refractivity contribution is 5.83. The topological polar surface area (TPSA) is 64.2 Å². The minimum absolute atomic E-state index is 0.147. The molecule has 0 aromatic carbocycles. The van der Waals surface area contributed by atoms with Crippen LogP contribution in [-0.4, -0.2) is 38.7 Å². The number of nitrogens with zero attached hydrogens (tertiary/aromatic N) is 4. The molecule has 25 heavy (non-hydrogen) atoms. The summed E-state index contributed by atoms with van der Waals surface area (Å²) >= 11 is 0. The highest BCUT2D eigenvalue weighted by atomic mass is 16.3. The second-order valence-corrected chi connectivity index (χ2v) is 7.42. The SMILES string of the molecule is Cc1cc([C@H](C)C(=O)N2CCC(c3nnc4n3CCC4)CC2)c(C)o1. The van der Waals surface area contributed by atoms with Gasteiger partial charge >= 0.3 is 0 Å². The average Bonchev–Trinajstić information content (AvgIpc) is 3.29. The summed E-state index contributed by atoms with van der Waals surface area (Å²) in [6.07, 6.45) is 4.17. The molecule has 1 atom stereocenters. The molecule has 0 unspecified atom stereocenters. The van der Waals surface area contributed by atoms with Gasteiger partial charge in [0.1, 0.15) is 23.2 Å². The third-order valence-corrected chi connectivity index (χ3v) is 5.73. The van der Waals surface area contributed by atoms with Gasteiger partial charge in [0, 0.05) is 37.5 Å². The highest BCUT2D eigenvalue weighted by Gasteiger charge is 2.31. The van der Waals surface area contributed by atoms with Crippen LogP contribution in [0.25, 0.3) is 0 Å². The van der Waals surface area contributed by atoms with Crippen LogP contribution in [0.1, 0.15) is 66.8 Å². The predicted octanol–water partition coefficient (Wildman–Crippen LogP) is 2.94. The van der Waals surface area contributed by atoms with Crippen molar-refractivity contribution in [2.24, 2.45) is 0 Å². The number of piperidine rings is 1. The number of rotatable bonds is 3. The van der Waals surface area contributed by atoms with Gasteiger partial charge in [0.2, 0.25) is 5.91 Å². The zero-order chi connectivity index (χ0) is 17.6. The highest BCUT2D eigenvalue weighted by Crippen LogP contribution is 2.31. The van der Waals surface area contributed by atoms with Gasteiger partial charge in [-0.15, -0.1) is 10.2 Å². The van der Waals surface area contributed by atoms with Crippen molar-refractivity contribution in [2.45, 2.75) is 64.8 Å². The van der Waals surface area contributed by atoms with E-state index in [4.69, 9.17) is 4.42 Å². The monoisotopic (exact) mass is 342 g/mol. The van der Waals surface area contributed by atoms with Crippen molar-refractivity contribution >= 4 is 5.91 Å². The van der Waals surface area contributed by atoms with Crippen LogP contribution in [0.4, 0.5) is 0 Å². The van der Waals surface area contributed by atoms with Gasteiger partial charge < -0.3 is 13.9 Å². The molecule has 2 aliphatic rings. The van der Waals surface area contributed by atoms with Crippen molar-refractivity contribution in [2.75, 3.05) is 13.1 Å². The number of amides is 1. The standard InChI is InChI=1S/C19H26N4O2/c1-12-11-16(14(3)25-12)13(2)19(24)22-9-6-15(7-10-22)18-21-20-17-5-4-8-23(17)18/h11,13,15H,4-10H2,1-3H3/t13-/m0/s1.